The van der Waals surface area contributed by atoms with Crippen LogP contribution in [0.1, 0.15) is 6.42 Å². The van der Waals surface area contributed by atoms with E-state index in [0.717, 1.165) is 49.9 Å². The van der Waals surface area contributed by atoms with Gasteiger partial charge >= 0.3 is 0 Å². The van der Waals surface area contributed by atoms with E-state index in [1.807, 2.05) is 12.3 Å². The van der Waals surface area contributed by atoms with Crippen LogP contribution in [0.3, 0.4) is 0 Å². The number of pyridine rings is 1. The lowest BCUT2D eigenvalue weighted by Gasteiger charge is -2.32. The maximum atomic E-state index is 13.5. The Hall–Kier alpha value is -2.20. The summed E-state index contributed by atoms with van der Waals surface area (Å²) in [5.41, 5.74) is 1.90. The smallest absolute Gasteiger partial charge is 0.160 e. The molecule has 170 valence electrons. The normalized spacial score (nSPS) is 15.2. The summed E-state index contributed by atoms with van der Waals surface area (Å²) in [4.78, 5) is 18.2. The number of thioether (sulfide) groups is 1. The molecule has 1 aliphatic heterocycles. The first-order chi connectivity index (χ1) is 15.5. The van der Waals surface area contributed by atoms with Crippen LogP contribution in [0.25, 0.3) is 11.0 Å². The number of hydrogen-bond acceptors (Lipinski definition) is 8. The molecule has 1 N–H and O–H groups in total. The lowest BCUT2D eigenvalue weighted by atomic mass is 10.3. The molecule has 1 saturated heterocycles. The molecule has 0 spiro atoms. The third kappa shape index (κ3) is 5.58. The molecule has 32 heavy (non-hydrogen) atoms. The maximum absolute atomic E-state index is 13.5. The highest BCUT2D eigenvalue weighted by molar-refractivity contribution is 7.98. The fourth-order valence-electron chi connectivity index (χ4n) is 3.54. The molecule has 2 aromatic heterocycles. The van der Waals surface area contributed by atoms with Gasteiger partial charge in [-0.25, -0.2) is 19.3 Å². The minimum atomic E-state index is -0.470. The largest absolute Gasteiger partial charge is 0.491 e. The summed E-state index contributed by atoms with van der Waals surface area (Å²) >= 11 is 7.40. The fraction of sp³-hybridized carbons (Fsp3) is 0.409. The Morgan fingerprint density at radius 2 is 2.00 bits per heavy atom. The van der Waals surface area contributed by atoms with Crippen molar-refractivity contribution in [1.82, 2.24) is 24.8 Å². The van der Waals surface area contributed by atoms with Gasteiger partial charge in [0.2, 0.25) is 0 Å². The van der Waals surface area contributed by atoms with Gasteiger partial charge in [-0.3, -0.25) is 0 Å². The average Bonchev–Trinajstić information content (AvgIpc) is 2.80. The summed E-state index contributed by atoms with van der Waals surface area (Å²) in [6.45, 7) is 6.10. The van der Waals surface area contributed by atoms with Gasteiger partial charge in [-0.05, 0) is 37.9 Å². The number of likely N-dealkylation sites (N-methyl/N-ethyl adjacent to an activating group) is 1. The number of halogens is 2. The van der Waals surface area contributed by atoms with Crippen LogP contribution in [0.5, 0.6) is 5.75 Å². The van der Waals surface area contributed by atoms with Crippen molar-refractivity contribution in [1.29, 1.82) is 0 Å². The molecule has 1 aliphatic rings. The number of ether oxygens (including phenoxy) is 1. The Balaban J connectivity index is 1.45. The van der Waals surface area contributed by atoms with Gasteiger partial charge in [-0.15, -0.1) is 11.8 Å². The molecule has 0 amide bonds. The van der Waals surface area contributed by atoms with Crippen molar-refractivity contribution in [2.45, 2.75) is 11.4 Å². The SMILES string of the molecule is CSc1nc2c(Nc3ccc(F)c(Cl)c3)ncnc2cc1OCCCN1CCN(C)CC1. The number of benzene rings is 1. The molecular formula is C22H26ClFN6OS. The van der Waals surface area contributed by atoms with Crippen LogP contribution in [0.2, 0.25) is 5.02 Å². The van der Waals surface area contributed by atoms with E-state index in [4.69, 9.17) is 21.3 Å². The number of piperazine rings is 1. The van der Waals surface area contributed by atoms with Gasteiger partial charge < -0.3 is 19.9 Å². The minimum absolute atomic E-state index is 0.0402. The second kappa shape index (κ2) is 10.6. The van der Waals surface area contributed by atoms with Crippen LogP contribution < -0.4 is 10.1 Å². The topological polar surface area (TPSA) is 66.4 Å². The number of nitrogens with one attached hydrogen (secondary N) is 1. The molecular weight excluding hydrogens is 451 g/mol. The van der Waals surface area contributed by atoms with E-state index < -0.39 is 5.82 Å². The molecule has 3 heterocycles. The summed E-state index contributed by atoms with van der Waals surface area (Å²) in [6, 6.07) is 6.32. The molecule has 7 nitrogen and oxygen atoms in total. The molecule has 0 radical (unpaired) electrons. The highest BCUT2D eigenvalue weighted by Crippen LogP contribution is 2.32. The molecule has 3 aromatic rings. The van der Waals surface area contributed by atoms with Gasteiger partial charge in [0.1, 0.15) is 22.7 Å². The van der Waals surface area contributed by atoms with Crippen molar-refractivity contribution in [3.05, 3.63) is 41.4 Å². The zero-order chi connectivity index (χ0) is 22.5. The lowest BCUT2D eigenvalue weighted by molar-refractivity contribution is 0.145. The summed E-state index contributed by atoms with van der Waals surface area (Å²) in [5, 5.41) is 3.96. The number of rotatable bonds is 8. The highest BCUT2D eigenvalue weighted by Gasteiger charge is 2.15. The summed E-state index contributed by atoms with van der Waals surface area (Å²) in [5.74, 6) is 0.773. The predicted molar refractivity (Wildman–Crippen MR) is 128 cm³/mol. The number of nitrogens with zero attached hydrogens (tertiary/aromatic N) is 5. The van der Waals surface area contributed by atoms with Crippen LogP contribution in [0.15, 0.2) is 35.6 Å². The van der Waals surface area contributed by atoms with E-state index >= 15 is 0 Å². The Bertz CT molecular complexity index is 1080. The zero-order valence-electron chi connectivity index (χ0n) is 18.1. The molecule has 4 rings (SSSR count). The maximum Gasteiger partial charge on any atom is 0.160 e. The first-order valence-corrected chi connectivity index (χ1v) is 12.1. The third-order valence-electron chi connectivity index (χ3n) is 5.39. The number of anilines is 2. The molecule has 0 bridgehead atoms. The summed E-state index contributed by atoms with van der Waals surface area (Å²) in [6.07, 6.45) is 4.38. The van der Waals surface area contributed by atoms with Crippen LogP contribution in [-0.4, -0.2) is 77.4 Å². The second-order valence-electron chi connectivity index (χ2n) is 7.69. The predicted octanol–water partition coefficient (Wildman–Crippen LogP) is 4.30. The molecule has 1 fully saturated rings. The zero-order valence-corrected chi connectivity index (χ0v) is 19.7. The van der Waals surface area contributed by atoms with Crippen molar-refractivity contribution >= 4 is 45.9 Å². The number of fused-ring (bicyclic) bond motifs is 1. The van der Waals surface area contributed by atoms with Gasteiger partial charge in [0.15, 0.2) is 11.6 Å². The van der Waals surface area contributed by atoms with Gasteiger partial charge in [0, 0.05) is 44.5 Å². The van der Waals surface area contributed by atoms with E-state index in [1.165, 1.54) is 30.2 Å². The highest BCUT2D eigenvalue weighted by atomic mass is 35.5. The average molecular weight is 477 g/mol. The fourth-order valence-corrected chi connectivity index (χ4v) is 4.23. The van der Waals surface area contributed by atoms with E-state index in [9.17, 15) is 4.39 Å². The van der Waals surface area contributed by atoms with E-state index in [2.05, 4.69) is 32.1 Å². The third-order valence-corrected chi connectivity index (χ3v) is 6.36. The number of aromatic nitrogens is 3. The van der Waals surface area contributed by atoms with Crippen molar-refractivity contribution in [3.63, 3.8) is 0 Å². The van der Waals surface area contributed by atoms with E-state index in [1.54, 1.807) is 6.07 Å². The molecule has 0 aliphatic carbocycles. The molecule has 0 unspecified atom stereocenters. The Morgan fingerprint density at radius 3 is 2.75 bits per heavy atom. The quantitative estimate of drug-likeness (QED) is 0.381. The van der Waals surface area contributed by atoms with Crippen molar-refractivity contribution in [2.24, 2.45) is 0 Å². The van der Waals surface area contributed by atoms with E-state index in [-0.39, 0.29) is 5.02 Å². The van der Waals surface area contributed by atoms with Crippen LogP contribution in [-0.2, 0) is 0 Å². The Kier molecular flexibility index (Phi) is 7.62. The van der Waals surface area contributed by atoms with Gasteiger partial charge in [0.25, 0.3) is 0 Å². The first-order valence-electron chi connectivity index (χ1n) is 10.5. The summed E-state index contributed by atoms with van der Waals surface area (Å²) in [7, 11) is 2.16. The number of hydrogen-bond donors (Lipinski definition) is 1. The molecule has 0 atom stereocenters. The van der Waals surface area contributed by atoms with Crippen LogP contribution in [0, 0.1) is 5.82 Å². The summed E-state index contributed by atoms with van der Waals surface area (Å²) < 4.78 is 19.5. The first kappa shape index (κ1) is 23.0. The Labute approximate surface area is 196 Å². The van der Waals surface area contributed by atoms with Crippen molar-refractivity contribution in [2.75, 3.05) is 58.0 Å². The molecule has 1 aromatic carbocycles. The molecule has 10 heteroatoms. The van der Waals surface area contributed by atoms with Crippen molar-refractivity contribution in [3.8, 4) is 5.75 Å². The monoisotopic (exact) mass is 476 g/mol. The van der Waals surface area contributed by atoms with Crippen LogP contribution in [0.4, 0.5) is 15.9 Å². The van der Waals surface area contributed by atoms with Crippen LogP contribution >= 0.6 is 23.4 Å². The van der Waals surface area contributed by atoms with Gasteiger partial charge in [-0.1, -0.05) is 11.6 Å². The van der Waals surface area contributed by atoms with E-state index in [0.29, 0.717) is 29.1 Å². The lowest BCUT2D eigenvalue weighted by Crippen LogP contribution is -2.44. The minimum Gasteiger partial charge on any atom is -0.491 e. The van der Waals surface area contributed by atoms with Gasteiger partial charge in [0.05, 0.1) is 17.1 Å². The van der Waals surface area contributed by atoms with Gasteiger partial charge in [-0.2, -0.15) is 0 Å². The standard InChI is InChI=1S/C22H26ClFN6OS/c1-29-7-9-30(10-8-29)6-3-11-31-19-13-18-20(28-22(19)32-2)21(26-14-25-18)27-15-4-5-17(24)16(23)12-15/h4-5,12-14H,3,6-11H2,1-2H3,(H,25,26,27). The van der Waals surface area contributed by atoms with Crippen molar-refractivity contribution < 1.29 is 9.13 Å². The Morgan fingerprint density at radius 1 is 1.19 bits per heavy atom. The molecule has 0 saturated carbocycles. The second-order valence-corrected chi connectivity index (χ2v) is 8.89.